The molecule has 0 unspecified atom stereocenters. The summed E-state index contributed by atoms with van der Waals surface area (Å²) in [6.45, 7) is 0. The third-order valence-corrected chi connectivity index (χ3v) is 24.9. The molecule has 6 heterocycles. The van der Waals surface area contributed by atoms with Crippen LogP contribution in [-0.2, 0) is 10.8 Å². The molecule has 20 aromatic rings. The molecule has 4 aliphatic rings. The number of para-hydroxylation sites is 4. The summed E-state index contributed by atoms with van der Waals surface area (Å²) in [7, 11) is 0. The molecule has 0 bridgehead atoms. The second-order valence-corrected chi connectivity index (χ2v) is 30.9. The van der Waals surface area contributed by atoms with Crippen LogP contribution in [0.25, 0.3) is 166 Å². The fourth-order valence-electron chi connectivity index (χ4n) is 18.7. The van der Waals surface area contributed by atoms with Gasteiger partial charge in [-0.3, -0.25) is 0 Å². The minimum absolute atomic E-state index is 0.541. The minimum Gasteiger partial charge on any atom is -0.456 e. The van der Waals surface area contributed by atoms with Crippen LogP contribution in [0.3, 0.4) is 0 Å². The molecule has 24 rings (SSSR count). The Morgan fingerprint density at radius 2 is 0.482 bits per heavy atom. The van der Waals surface area contributed by atoms with Gasteiger partial charge >= 0.3 is 0 Å². The molecule has 2 aliphatic carbocycles. The summed E-state index contributed by atoms with van der Waals surface area (Å²) < 4.78 is 23.2. The van der Waals surface area contributed by atoms with Gasteiger partial charge in [-0.05, 0) is 115 Å². The topological polar surface area (TPSA) is 109 Å². The molecule has 0 radical (unpaired) electrons. The van der Waals surface area contributed by atoms with E-state index < -0.39 is 10.8 Å². The second kappa shape index (κ2) is 24.8. The zero-order chi connectivity index (χ0) is 74.7. The number of benzene rings is 16. The standard InChI is InChI=1S/C104H60N6O3S/c1-3-21-63(22-4-1)97-105-99(65-45-41-61(42-46-65)71-29-19-37-87-95(71)112-89-39-17-15-35-85(89)103(87)81-31-11-7-25-73(81)74-26-8-12-32-82(74)103)109-101(107-97)69-51-54-78-77-53-49-67(57-91(77)111-92(78)58-69)68-50-55-79-80-56-52-70(60-94(80)114-93(79)59-68)102-108-98(64-23-5-2-6-24-64)106-100(110-102)66-47-43-62(44-48-66)72-30-20-38-88-96(72)113-90-40-18-16-36-86(90)104(88)83-33-13-9-27-75(83)76-28-10-14-34-84(76)104/h1-60H. The number of rotatable bonds is 9. The van der Waals surface area contributed by atoms with Crippen LogP contribution >= 0.6 is 11.3 Å². The minimum atomic E-state index is -0.564. The molecule has 16 aromatic carbocycles. The predicted molar refractivity (Wildman–Crippen MR) is 457 cm³/mol. The molecule has 0 N–H and O–H groups in total. The van der Waals surface area contributed by atoms with E-state index in [1.807, 2.05) is 48.5 Å². The van der Waals surface area contributed by atoms with Gasteiger partial charge in [-0.2, -0.15) is 0 Å². The Morgan fingerprint density at radius 1 is 0.202 bits per heavy atom. The Bertz CT molecular complexity index is 6900. The zero-order valence-corrected chi connectivity index (χ0v) is 61.8. The molecule has 0 saturated heterocycles. The maximum Gasteiger partial charge on any atom is 0.164 e. The fraction of sp³-hybridized carbons (Fsp3) is 0.0192. The van der Waals surface area contributed by atoms with Crippen molar-refractivity contribution < 1.29 is 13.9 Å². The maximum absolute atomic E-state index is 7.05. The molecule has 0 amide bonds. The normalized spacial score (nSPS) is 13.4. The zero-order valence-electron chi connectivity index (χ0n) is 61.0. The highest BCUT2D eigenvalue weighted by atomic mass is 32.1. The van der Waals surface area contributed by atoms with Gasteiger partial charge in [-0.15, -0.1) is 11.3 Å². The number of hydrogen-bond donors (Lipinski definition) is 0. The van der Waals surface area contributed by atoms with Crippen molar-refractivity contribution in [2.24, 2.45) is 0 Å². The van der Waals surface area contributed by atoms with Crippen LogP contribution in [0.15, 0.2) is 368 Å². The van der Waals surface area contributed by atoms with Crippen LogP contribution in [0.2, 0.25) is 0 Å². The fourth-order valence-corrected chi connectivity index (χ4v) is 19.9. The Hall–Kier alpha value is -14.8. The van der Waals surface area contributed by atoms with Gasteiger partial charge in [-0.1, -0.05) is 315 Å². The van der Waals surface area contributed by atoms with Crippen LogP contribution in [0.1, 0.15) is 44.5 Å². The highest BCUT2D eigenvalue weighted by Gasteiger charge is 2.53. The van der Waals surface area contributed by atoms with Crippen LogP contribution < -0.4 is 9.47 Å². The van der Waals surface area contributed by atoms with Crippen molar-refractivity contribution in [2.45, 2.75) is 10.8 Å². The van der Waals surface area contributed by atoms with E-state index in [0.717, 1.165) is 139 Å². The smallest absolute Gasteiger partial charge is 0.164 e. The highest BCUT2D eigenvalue weighted by molar-refractivity contribution is 7.25. The van der Waals surface area contributed by atoms with E-state index in [4.69, 9.17) is 43.8 Å². The summed E-state index contributed by atoms with van der Waals surface area (Å²) in [6.07, 6.45) is 0. The van der Waals surface area contributed by atoms with Crippen molar-refractivity contribution in [3.05, 3.63) is 408 Å². The van der Waals surface area contributed by atoms with E-state index in [-0.39, 0.29) is 0 Å². The van der Waals surface area contributed by atoms with Gasteiger partial charge < -0.3 is 13.9 Å². The molecule has 114 heavy (non-hydrogen) atoms. The number of thiophene rings is 1. The Labute approximate surface area is 659 Å². The van der Waals surface area contributed by atoms with Crippen LogP contribution in [0.5, 0.6) is 23.0 Å². The SMILES string of the molecule is c1ccc(-c2nc(-c3ccc(-c4cccc5c4Oc4ccccc4C54c5ccccc5-c5ccccc54)cc3)nc(-c3ccc4c(c3)oc3cc(-c5ccc6c(c5)sc5cc(-c7nc(-c8ccccc8)nc(-c8ccc(-c9cccc%10c9Oc9ccccc9C%109c%10ccccc%10-c%10ccccc%109)cc8)n7)ccc56)ccc34)n2)cc1. The molecular formula is C104H60N6O3S. The lowest BCUT2D eigenvalue weighted by Gasteiger charge is -2.40. The van der Waals surface area contributed by atoms with Crippen molar-refractivity contribution in [3.63, 3.8) is 0 Å². The number of ether oxygens (including phenoxy) is 2. The molecule has 0 fully saturated rings. The molecule has 530 valence electrons. The number of hydrogen-bond acceptors (Lipinski definition) is 10. The molecule has 0 atom stereocenters. The maximum atomic E-state index is 7.05. The average molecular weight is 1470 g/mol. The Morgan fingerprint density at radius 3 is 0.904 bits per heavy atom. The summed E-state index contributed by atoms with van der Waals surface area (Å²) in [5.41, 5.74) is 26.4. The number of nitrogens with zero attached hydrogens (tertiary/aromatic N) is 6. The molecule has 10 heteroatoms. The molecule has 0 saturated carbocycles. The number of furan rings is 1. The van der Waals surface area contributed by atoms with Gasteiger partial charge in [0.25, 0.3) is 0 Å². The Balaban J connectivity index is 0.534. The van der Waals surface area contributed by atoms with Crippen LogP contribution in [0.4, 0.5) is 0 Å². The second-order valence-electron chi connectivity index (χ2n) is 29.8. The Kier molecular flexibility index (Phi) is 13.9. The van der Waals surface area contributed by atoms with E-state index in [0.29, 0.717) is 34.9 Å². The van der Waals surface area contributed by atoms with Crippen molar-refractivity contribution >= 4 is 53.4 Å². The lowest BCUT2D eigenvalue weighted by Crippen LogP contribution is -2.32. The average Bonchev–Trinajstić information content (AvgIpc) is 1.48. The number of fused-ring (bicyclic) bond motifs is 24. The third kappa shape index (κ3) is 9.52. The first-order chi connectivity index (χ1) is 56.4. The quantitative estimate of drug-likeness (QED) is 0.140. The first-order valence-electron chi connectivity index (χ1n) is 38.4. The molecule has 4 aromatic heterocycles. The molecular weight excluding hydrogens is 1410 g/mol. The van der Waals surface area contributed by atoms with Crippen molar-refractivity contribution in [3.8, 4) is 147 Å². The molecule has 2 spiro atoms. The lowest BCUT2D eigenvalue weighted by molar-refractivity contribution is 0.438. The molecule has 9 nitrogen and oxygen atoms in total. The van der Waals surface area contributed by atoms with Crippen LogP contribution in [0, 0.1) is 0 Å². The van der Waals surface area contributed by atoms with E-state index in [1.165, 1.54) is 60.0 Å². The van der Waals surface area contributed by atoms with Crippen molar-refractivity contribution in [1.82, 2.24) is 29.9 Å². The van der Waals surface area contributed by atoms with E-state index >= 15 is 0 Å². The first-order valence-corrected chi connectivity index (χ1v) is 39.3. The van der Waals surface area contributed by atoms with Gasteiger partial charge in [0.2, 0.25) is 0 Å². The summed E-state index contributed by atoms with van der Waals surface area (Å²) in [6, 6.07) is 129. The predicted octanol–water partition coefficient (Wildman–Crippen LogP) is 26.3. The third-order valence-electron chi connectivity index (χ3n) is 23.8. The van der Waals surface area contributed by atoms with Gasteiger partial charge in [0, 0.05) is 97.7 Å². The van der Waals surface area contributed by atoms with E-state index in [2.05, 4.69) is 315 Å². The first kappa shape index (κ1) is 64.0. The van der Waals surface area contributed by atoms with Gasteiger partial charge in [-0.25, -0.2) is 29.9 Å². The summed E-state index contributed by atoms with van der Waals surface area (Å²) in [5.74, 6) is 6.87. The summed E-state index contributed by atoms with van der Waals surface area (Å²) in [5, 5.41) is 4.38. The molecule has 2 aliphatic heterocycles. The number of aromatic nitrogens is 6. The largest absolute Gasteiger partial charge is 0.456 e. The summed E-state index contributed by atoms with van der Waals surface area (Å²) in [4.78, 5) is 31.2. The van der Waals surface area contributed by atoms with Gasteiger partial charge in [0.05, 0.1) is 10.8 Å². The van der Waals surface area contributed by atoms with Crippen molar-refractivity contribution in [2.75, 3.05) is 0 Å². The van der Waals surface area contributed by atoms with Crippen molar-refractivity contribution in [1.29, 1.82) is 0 Å². The summed E-state index contributed by atoms with van der Waals surface area (Å²) >= 11 is 1.77. The van der Waals surface area contributed by atoms with E-state index in [1.54, 1.807) is 11.3 Å². The highest BCUT2D eigenvalue weighted by Crippen LogP contribution is 2.65. The van der Waals surface area contributed by atoms with Gasteiger partial charge in [0.15, 0.2) is 34.9 Å². The van der Waals surface area contributed by atoms with Crippen LogP contribution in [-0.4, -0.2) is 29.9 Å². The van der Waals surface area contributed by atoms with E-state index in [9.17, 15) is 0 Å². The van der Waals surface area contributed by atoms with Gasteiger partial charge in [0.1, 0.15) is 34.2 Å². The lowest BCUT2D eigenvalue weighted by atomic mass is 9.65. The monoisotopic (exact) mass is 1470 g/mol.